The number of amides is 1. The molecule has 0 atom stereocenters. The first-order valence-corrected chi connectivity index (χ1v) is 7.13. The van der Waals surface area contributed by atoms with Gasteiger partial charge in [0, 0.05) is 29.5 Å². The lowest BCUT2D eigenvalue weighted by Crippen LogP contribution is -2.14. The van der Waals surface area contributed by atoms with Crippen LogP contribution in [0.4, 0.5) is 11.5 Å². The molecule has 0 aliphatic rings. The largest absolute Gasteiger partial charge is 0.480 e. The van der Waals surface area contributed by atoms with Crippen molar-refractivity contribution in [1.29, 1.82) is 0 Å². The van der Waals surface area contributed by atoms with Crippen LogP contribution in [0.5, 0.6) is 0 Å². The van der Waals surface area contributed by atoms with Gasteiger partial charge in [-0.25, -0.2) is 0 Å². The Labute approximate surface area is 137 Å². The predicted octanol–water partition coefficient (Wildman–Crippen LogP) is 2.25. The quantitative estimate of drug-likeness (QED) is 0.617. The minimum atomic E-state index is -1.06. The minimum Gasteiger partial charge on any atom is -0.480 e. The summed E-state index contributed by atoms with van der Waals surface area (Å²) in [5, 5.41) is 26.2. The summed E-state index contributed by atoms with van der Waals surface area (Å²) >= 11 is 0. The smallest absolute Gasteiger partial charge is 0.325 e. The van der Waals surface area contributed by atoms with Crippen molar-refractivity contribution in [3.63, 3.8) is 0 Å². The molecule has 9 heteroatoms. The average Bonchev–Trinajstić information content (AvgIpc) is 2.92. The second kappa shape index (κ2) is 6.90. The summed E-state index contributed by atoms with van der Waals surface area (Å²) in [6.07, 6.45) is 1.41. The molecular formula is C15H16N4O5. The Hall–Kier alpha value is -3.23. The van der Waals surface area contributed by atoms with Gasteiger partial charge in [-0.05, 0) is 12.0 Å². The SMILES string of the molecule is CC(C)c1ccc(C(=O)Nc2ccn(CC(=O)O)n2)cc1[N+](=O)[O-]. The van der Waals surface area contributed by atoms with Gasteiger partial charge < -0.3 is 10.4 Å². The number of nitrogens with one attached hydrogen (secondary N) is 1. The molecule has 0 saturated heterocycles. The third kappa shape index (κ3) is 3.94. The van der Waals surface area contributed by atoms with Crippen LogP contribution < -0.4 is 5.32 Å². The van der Waals surface area contributed by atoms with E-state index < -0.39 is 16.8 Å². The molecule has 2 N–H and O–H groups in total. The van der Waals surface area contributed by atoms with E-state index in [1.165, 1.54) is 24.4 Å². The molecule has 126 valence electrons. The molecule has 0 aliphatic carbocycles. The third-order valence-electron chi connectivity index (χ3n) is 3.29. The number of hydrogen-bond donors (Lipinski definition) is 2. The van der Waals surface area contributed by atoms with Crippen LogP contribution in [-0.4, -0.2) is 31.7 Å². The van der Waals surface area contributed by atoms with Gasteiger partial charge >= 0.3 is 5.97 Å². The van der Waals surface area contributed by atoms with Crippen LogP contribution >= 0.6 is 0 Å². The fourth-order valence-corrected chi connectivity index (χ4v) is 2.17. The van der Waals surface area contributed by atoms with Crippen molar-refractivity contribution in [1.82, 2.24) is 9.78 Å². The Morgan fingerprint density at radius 1 is 1.38 bits per heavy atom. The maximum Gasteiger partial charge on any atom is 0.325 e. The molecule has 0 fully saturated rings. The first-order valence-electron chi connectivity index (χ1n) is 7.13. The molecule has 1 aromatic heterocycles. The lowest BCUT2D eigenvalue weighted by Gasteiger charge is -2.08. The summed E-state index contributed by atoms with van der Waals surface area (Å²) in [5.41, 5.74) is 0.551. The van der Waals surface area contributed by atoms with E-state index in [0.29, 0.717) is 5.56 Å². The molecule has 24 heavy (non-hydrogen) atoms. The number of carbonyl (C=O) groups excluding carboxylic acids is 1. The normalized spacial score (nSPS) is 10.6. The number of rotatable bonds is 6. The number of hydrogen-bond acceptors (Lipinski definition) is 5. The molecule has 9 nitrogen and oxygen atoms in total. The number of carboxylic acids is 1. The van der Waals surface area contributed by atoms with Gasteiger partial charge in [0.05, 0.1) is 4.92 Å². The van der Waals surface area contributed by atoms with Crippen molar-refractivity contribution in [2.24, 2.45) is 0 Å². The molecular weight excluding hydrogens is 316 g/mol. The Balaban J connectivity index is 2.20. The molecule has 2 rings (SSSR count). The van der Waals surface area contributed by atoms with E-state index in [4.69, 9.17) is 5.11 Å². The highest BCUT2D eigenvalue weighted by molar-refractivity contribution is 6.04. The highest BCUT2D eigenvalue weighted by atomic mass is 16.6. The first-order chi connectivity index (χ1) is 11.3. The maximum atomic E-state index is 12.2. The van der Waals surface area contributed by atoms with Gasteiger partial charge in [0.2, 0.25) is 0 Å². The molecule has 1 heterocycles. The molecule has 0 aliphatic heterocycles. The number of nitro benzene ring substituents is 1. The number of aromatic nitrogens is 2. The zero-order chi connectivity index (χ0) is 17.9. The number of carbonyl (C=O) groups is 2. The first kappa shape index (κ1) is 17.1. The third-order valence-corrected chi connectivity index (χ3v) is 3.29. The fraction of sp³-hybridized carbons (Fsp3) is 0.267. The topological polar surface area (TPSA) is 127 Å². The van der Waals surface area contributed by atoms with Crippen LogP contribution in [0, 0.1) is 10.1 Å². The highest BCUT2D eigenvalue weighted by Crippen LogP contribution is 2.27. The number of aliphatic carboxylic acids is 1. The van der Waals surface area contributed by atoms with Crippen LogP contribution in [0.15, 0.2) is 30.5 Å². The second-order valence-corrected chi connectivity index (χ2v) is 5.43. The van der Waals surface area contributed by atoms with Crippen molar-refractivity contribution in [3.05, 3.63) is 51.7 Å². The predicted molar refractivity (Wildman–Crippen MR) is 85.0 cm³/mol. The van der Waals surface area contributed by atoms with Gasteiger partial charge in [0.1, 0.15) is 6.54 Å². The van der Waals surface area contributed by atoms with Crippen LogP contribution in [0.25, 0.3) is 0 Å². The number of nitro groups is 1. The van der Waals surface area contributed by atoms with Gasteiger partial charge in [0.15, 0.2) is 5.82 Å². The van der Waals surface area contributed by atoms with Crippen molar-refractivity contribution in [2.45, 2.75) is 26.3 Å². The van der Waals surface area contributed by atoms with Gasteiger partial charge in [-0.15, -0.1) is 0 Å². The number of benzene rings is 1. The van der Waals surface area contributed by atoms with E-state index in [9.17, 15) is 19.7 Å². The van der Waals surface area contributed by atoms with E-state index in [1.54, 1.807) is 6.07 Å². The minimum absolute atomic E-state index is 0.0470. The van der Waals surface area contributed by atoms with Gasteiger partial charge in [0.25, 0.3) is 11.6 Å². The lowest BCUT2D eigenvalue weighted by atomic mass is 9.99. The summed E-state index contributed by atoms with van der Waals surface area (Å²) in [7, 11) is 0. The van der Waals surface area contributed by atoms with E-state index in [-0.39, 0.29) is 29.5 Å². The Morgan fingerprint density at radius 3 is 2.67 bits per heavy atom. The Bertz CT molecular complexity index is 797. The van der Waals surface area contributed by atoms with E-state index in [0.717, 1.165) is 4.68 Å². The van der Waals surface area contributed by atoms with E-state index in [2.05, 4.69) is 10.4 Å². The van der Waals surface area contributed by atoms with Crippen molar-refractivity contribution >= 4 is 23.4 Å². The number of anilines is 1. The lowest BCUT2D eigenvalue weighted by molar-refractivity contribution is -0.385. The van der Waals surface area contributed by atoms with Crippen molar-refractivity contribution < 1.29 is 19.6 Å². The Kier molecular flexibility index (Phi) is 4.93. The molecule has 1 amide bonds. The van der Waals surface area contributed by atoms with Gasteiger partial charge in [-0.3, -0.25) is 24.4 Å². The van der Waals surface area contributed by atoms with Crippen LogP contribution in [-0.2, 0) is 11.3 Å². The second-order valence-electron chi connectivity index (χ2n) is 5.43. The maximum absolute atomic E-state index is 12.2. The summed E-state index contributed by atoms with van der Waals surface area (Å²) < 4.78 is 1.16. The summed E-state index contributed by atoms with van der Waals surface area (Å²) in [6.45, 7) is 3.33. The fourth-order valence-electron chi connectivity index (χ4n) is 2.17. The number of carboxylic acid groups (broad SMARTS) is 1. The molecule has 0 unspecified atom stereocenters. The zero-order valence-electron chi connectivity index (χ0n) is 13.1. The summed E-state index contributed by atoms with van der Waals surface area (Å²) in [4.78, 5) is 33.4. The van der Waals surface area contributed by atoms with Crippen LogP contribution in [0.1, 0.15) is 35.7 Å². The molecule has 0 spiro atoms. The molecule has 0 saturated carbocycles. The van der Waals surface area contributed by atoms with Gasteiger partial charge in [-0.2, -0.15) is 5.10 Å². The average molecular weight is 332 g/mol. The molecule has 1 aromatic carbocycles. The Morgan fingerprint density at radius 2 is 2.08 bits per heavy atom. The standard InChI is InChI=1S/C15H16N4O5/c1-9(2)11-4-3-10(7-12(11)19(23)24)15(22)16-13-5-6-18(17-13)8-14(20)21/h3-7,9H,8H2,1-2H3,(H,20,21)(H,16,17,22). The molecule has 0 bridgehead atoms. The van der Waals surface area contributed by atoms with Crippen LogP contribution in [0.3, 0.4) is 0 Å². The van der Waals surface area contributed by atoms with Crippen molar-refractivity contribution in [2.75, 3.05) is 5.32 Å². The zero-order valence-corrected chi connectivity index (χ0v) is 13.1. The summed E-state index contributed by atoms with van der Waals surface area (Å²) in [5.74, 6) is -1.50. The van der Waals surface area contributed by atoms with Gasteiger partial charge in [-0.1, -0.05) is 19.9 Å². The highest BCUT2D eigenvalue weighted by Gasteiger charge is 2.19. The van der Waals surface area contributed by atoms with Crippen LogP contribution in [0.2, 0.25) is 0 Å². The molecule has 2 aromatic rings. The van der Waals surface area contributed by atoms with Crippen molar-refractivity contribution in [3.8, 4) is 0 Å². The monoisotopic (exact) mass is 332 g/mol. The van der Waals surface area contributed by atoms with E-state index in [1.807, 2.05) is 13.8 Å². The molecule has 0 radical (unpaired) electrons. The summed E-state index contributed by atoms with van der Waals surface area (Å²) in [6, 6.07) is 5.73. The number of nitrogens with zero attached hydrogens (tertiary/aromatic N) is 3. The van der Waals surface area contributed by atoms with E-state index >= 15 is 0 Å².